The molecule has 0 aliphatic carbocycles. The van der Waals surface area contributed by atoms with E-state index in [-0.39, 0.29) is 23.7 Å². The number of hydrogen-bond donors (Lipinski definition) is 0. The van der Waals surface area contributed by atoms with Crippen molar-refractivity contribution in [3.05, 3.63) is 42.0 Å². The summed E-state index contributed by atoms with van der Waals surface area (Å²) in [7, 11) is 3.09. The van der Waals surface area contributed by atoms with Crippen LogP contribution in [0.5, 0.6) is 11.5 Å². The number of aryl methyl sites for hydroxylation is 1. The maximum atomic E-state index is 12.4. The van der Waals surface area contributed by atoms with Crippen LogP contribution in [0.2, 0.25) is 0 Å². The van der Waals surface area contributed by atoms with Gasteiger partial charge in [0.05, 0.1) is 13.7 Å². The molecule has 0 saturated heterocycles. The van der Waals surface area contributed by atoms with Gasteiger partial charge in [0.2, 0.25) is 0 Å². The van der Waals surface area contributed by atoms with E-state index in [0.717, 1.165) is 0 Å². The van der Waals surface area contributed by atoms with Crippen LogP contribution in [0, 0.1) is 0 Å². The van der Waals surface area contributed by atoms with Crippen molar-refractivity contribution in [3.63, 3.8) is 0 Å². The largest absolute Gasteiger partial charge is 0.493 e. The fraction of sp³-hybridized carbons (Fsp3) is 0.294. The van der Waals surface area contributed by atoms with Crippen LogP contribution >= 0.6 is 0 Å². The fourth-order valence-electron chi connectivity index (χ4n) is 2.18. The number of esters is 1. The van der Waals surface area contributed by atoms with Crippen LogP contribution in [-0.2, 0) is 16.6 Å². The van der Waals surface area contributed by atoms with Crippen molar-refractivity contribution in [3.8, 4) is 11.5 Å². The minimum absolute atomic E-state index is 0.0932. The first-order valence-electron chi connectivity index (χ1n) is 7.45. The molecule has 1 aromatic heterocycles. The van der Waals surface area contributed by atoms with Gasteiger partial charge in [0, 0.05) is 19.4 Å². The van der Waals surface area contributed by atoms with Crippen LogP contribution in [0.25, 0.3) is 11.6 Å². The molecule has 134 valence electrons. The van der Waals surface area contributed by atoms with Crippen LogP contribution in [0.1, 0.15) is 18.3 Å². The number of imidazole rings is 1. The molecule has 1 aromatic carbocycles. The van der Waals surface area contributed by atoms with E-state index in [1.807, 2.05) is 0 Å². The third kappa shape index (κ3) is 4.56. The molecule has 0 bridgehead atoms. The topological polar surface area (TPSA) is 62.6 Å². The Hall–Kier alpha value is -2.90. The Balaban J connectivity index is 2.45. The molecule has 0 unspecified atom stereocenters. The molecule has 0 saturated carbocycles. The zero-order chi connectivity index (χ0) is 18.4. The number of halogens is 2. The highest BCUT2D eigenvalue weighted by molar-refractivity contribution is 6.20. The molecule has 2 aromatic rings. The van der Waals surface area contributed by atoms with Crippen molar-refractivity contribution in [1.29, 1.82) is 0 Å². The predicted octanol–water partition coefficient (Wildman–Crippen LogP) is 3.13. The molecule has 8 heteroatoms. The number of methoxy groups -OCH3 is 1. The molecule has 0 N–H and O–H groups in total. The van der Waals surface area contributed by atoms with Crippen molar-refractivity contribution in [2.45, 2.75) is 13.5 Å². The zero-order valence-corrected chi connectivity index (χ0v) is 14.0. The van der Waals surface area contributed by atoms with Crippen LogP contribution < -0.4 is 9.47 Å². The molecule has 6 nitrogen and oxygen atoms in total. The van der Waals surface area contributed by atoms with Crippen molar-refractivity contribution >= 4 is 17.6 Å². The molecule has 1 heterocycles. The van der Waals surface area contributed by atoms with Gasteiger partial charge in [-0.3, -0.25) is 0 Å². The smallest absolute Gasteiger partial charge is 0.387 e. The third-order valence-electron chi connectivity index (χ3n) is 3.27. The maximum Gasteiger partial charge on any atom is 0.387 e. The Morgan fingerprint density at radius 2 is 2.12 bits per heavy atom. The molecule has 2 rings (SSSR count). The SMILES string of the molecule is CCOC(=O)/C(=C\c1ccc(OC(F)F)c(OC)c1)c1nccn1C. The van der Waals surface area contributed by atoms with Gasteiger partial charge >= 0.3 is 12.6 Å². The second kappa shape index (κ2) is 8.27. The van der Waals surface area contributed by atoms with Crippen LogP contribution in [0.3, 0.4) is 0 Å². The normalized spacial score (nSPS) is 11.5. The van der Waals surface area contributed by atoms with Gasteiger partial charge in [0.15, 0.2) is 11.5 Å². The molecule has 0 radical (unpaired) electrons. The van der Waals surface area contributed by atoms with E-state index in [2.05, 4.69) is 9.72 Å². The first-order valence-corrected chi connectivity index (χ1v) is 7.45. The monoisotopic (exact) mass is 352 g/mol. The van der Waals surface area contributed by atoms with E-state index >= 15 is 0 Å². The summed E-state index contributed by atoms with van der Waals surface area (Å²) in [5, 5.41) is 0. The first kappa shape index (κ1) is 18.4. The van der Waals surface area contributed by atoms with Crippen molar-refractivity contribution < 1.29 is 27.8 Å². The van der Waals surface area contributed by atoms with E-state index in [1.165, 1.54) is 25.3 Å². The highest BCUT2D eigenvalue weighted by Crippen LogP contribution is 2.31. The van der Waals surface area contributed by atoms with Gasteiger partial charge < -0.3 is 18.8 Å². The fourth-order valence-corrected chi connectivity index (χ4v) is 2.18. The number of nitrogens with zero attached hydrogens (tertiary/aromatic N) is 2. The zero-order valence-electron chi connectivity index (χ0n) is 14.0. The van der Waals surface area contributed by atoms with E-state index in [9.17, 15) is 13.6 Å². The number of benzene rings is 1. The quantitative estimate of drug-likeness (QED) is 0.566. The second-order valence-corrected chi connectivity index (χ2v) is 4.93. The summed E-state index contributed by atoms with van der Waals surface area (Å²) in [5.74, 6) is -0.0876. The van der Waals surface area contributed by atoms with Crippen LogP contribution in [-0.4, -0.2) is 35.8 Å². The summed E-state index contributed by atoms with van der Waals surface area (Å²) >= 11 is 0. The number of aromatic nitrogens is 2. The lowest BCUT2D eigenvalue weighted by molar-refractivity contribution is -0.136. The van der Waals surface area contributed by atoms with Gasteiger partial charge in [-0.15, -0.1) is 0 Å². The highest BCUT2D eigenvalue weighted by Gasteiger charge is 2.18. The number of rotatable bonds is 7. The Bertz CT molecular complexity index is 772. The van der Waals surface area contributed by atoms with Gasteiger partial charge in [0.25, 0.3) is 0 Å². The maximum absolute atomic E-state index is 12.4. The molecule has 0 atom stereocenters. The summed E-state index contributed by atoms with van der Waals surface area (Å²) in [6, 6.07) is 4.36. The van der Waals surface area contributed by atoms with Crippen LogP contribution in [0.15, 0.2) is 30.6 Å². The summed E-state index contributed by atoms with van der Waals surface area (Å²) in [6.07, 6.45) is 4.81. The molecule has 0 amide bonds. The Morgan fingerprint density at radius 3 is 2.68 bits per heavy atom. The van der Waals surface area contributed by atoms with Crippen molar-refractivity contribution in [2.75, 3.05) is 13.7 Å². The number of carbonyl (C=O) groups is 1. The first-order chi connectivity index (χ1) is 12.0. The Labute approximate surface area is 143 Å². The van der Waals surface area contributed by atoms with Gasteiger partial charge in [-0.25, -0.2) is 9.78 Å². The predicted molar refractivity (Wildman–Crippen MR) is 87.3 cm³/mol. The Morgan fingerprint density at radius 1 is 1.36 bits per heavy atom. The van der Waals surface area contributed by atoms with E-state index in [4.69, 9.17) is 9.47 Å². The molecule has 0 aliphatic heterocycles. The minimum Gasteiger partial charge on any atom is -0.493 e. The molecule has 0 spiro atoms. The summed E-state index contributed by atoms with van der Waals surface area (Å²) < 4.78 is 41.0. The van der Waals surface area contributed by atoms with Crippen molar-refractivity contribution in [2.24, 2.45) is 7.05 Å². The molecule has 0 aliphatic rings. The third-order valence-corrected chi connectivity index (χ3v) is 3.27. The second-order valence-electron chi connectivity index (χ2n) is 4.93. The number of hydrogen-bond acceptors (Lipinski definition) is 5. The average molecular weight is 352 g/mol. The lowest BCUT2D eigenvalue weighted by atomic mass is 10.1. The Kier molecular flexibility index (Phi) is 6.10. The van der Waals surface area contributed by atoms with Gasteiger partial charge in [-0.1, -0.05) is 6.07 Å². The molecular formula is C17H18F2N2O4. The van der Waals surface area contributed by atoms with E-state index < -0.39 is 12.6 Å². The molecular weight excluding hydrogens is 334 g/mol. The van der Waals surface area contributed by atoms with E-state index in [1.54, 1.807) is 37.0 Å². The number of ether oxygens (including phenoxy) is 3. The van der Waals surface area contributed by atoms with Gasteiger partial charge in [0.1, 0.15) is 11.4 Å². The van der Waals surface area contributed by atoms with E-state index in [0.29, 0.717) is 11.4 Å². The number of carbonyl (C=O) groups excluding carboxylic acids is 1. The lowest BCUT2D eigenvalue weighted by Gasteiger charge is -2.11. The average Bonchev–Trinajstić information content (AvgIpc) is 2.99. The van der Waals surface area contributed by atoms with Gasteiger partial charge in [-0.05, 0) is 30.7 Å². The van der Waals surface area contributed by atoms with Crippen molar-refractivity contribution in [1.82, 2.24) is 9.55 Å². The van der Waals surface area contributed by atoms with Crippen LogP contribution in [0.4, 0.5) is 8.78 Å². The summed E-state index contributed by atoms with van der Waals surface area (Å²) in [4.78, 5) is 16.4. The minimum atomic E-state index is -2.96. The van der Waals surface area contributed by atoms with Gasteiger partial charge in [-0.2, -0.15) is 8.78 Å². The molecule has 25 heavy (non-hydrogen) atoms. The summed E-state index contributed by atoms with van der Waals surface area (Å²) in [6.45, 7) is -1.05. The molecule has 0 fully saturated rings. The lowest BCUT2D eigenvalue weighted by Crippen LogP contribution is -2.10. The number of alkyl halides is 2. The standard InChI is InChI=1S/C17H18F2N2O4/c1-4-24-16(22)12(15-20-7-8-21(15)2)9-11-5-6-13(25-17(18)19)14(10-11)23-3/h5-10,17H,4H2,1-3H3/b12-9-. The summed E-state index contributed by atoms with van der Waals surface area (Å²) in [5.41, 5.74) is 0.781. The highest BCUT2D eigenvalue weighted by atomic mass is 19.3.